The predicted octanol–water partition coefficient (Wildman–Crippen LogP) is 1.51. The predicted molar refractivity (Wildman–Crippen MR) is 107 cm³/mol. The smallest absolute Gasteiger partial charge is 0.310 e. The van der Waals surface area contributed by atoms with Crippen molar-refractivity contribution in [3.8, 4) is 5.75 Å². The fourth-order valence-corrected chi connectivity index (χ4v) is 3.41. The Hall–Kier alpha value is -3.13. The van der Waals surface area contributed by atoms with Crippen molar-refractivity contribution < 1.29 is 14.3 Å². The fraction of sp³-hybridized carbons (Fsp3) is 0.200. The molecule has 28 heavy (non-hydrogen) atoms. The number of amides is 1. The van der Waals surface area contributed by atoms with Gasteiger partial charge in [0.25, 0.3) is 5.91 Å². The van der Waals surface area contributed by atoms with Crippen LogP contribution in [0.2, 0.25) is 0 Å². The number of nitrogens with one attached hydrogen (secondary N) is 1. The first-order valence-corrected chi connectivity index (χ1v) is 10.0. The highest BCUT2D eigenvalue weighted by Crippen LogP contribution is 2.31. The lowest BCUT2D eigenvalue weighted by Gasteiger charge is -2.33. The van der Waals surface area contributed by atoms with E-state index in [2.05, 4.69) is 10.4 Å². The molecule has 0 aromatic heterocycles. The first kappa shape index (κ1) is 18.2. The molecule has 4 rings (SSSR count). The third kappa shape index (κ3) is 3.27. The van der Waals surface area contributed by atoms with Crippen molar-refractivity contribution in [2.45, 2.75) is 19.5 Å². The van der Waals surface area contributed by atoms with Gasteiger partial charge in [-0.3, -0.25) is 19.9 Å². The quantitative estimate of drug-likeness (QED) is 0.630. The minimum atomic E-state index is -0.492. The molecule has 8 heteroatoms. The van der Waals surface area contributed by atoms with Gasteiger partial charge in [0.2, 0.25) is 0 Å². The lowest BCUT2D eigenvalue weighted by atomic mass is 10.1. The number of carbonyl (C=O) groups is 2. The Labute approximate surface area is 165 Å². The summed E-state index contributed by atoms with van der Waals surface area (Å²) in [6.07, 6.45) is 1.67. The molecule has 2 aliphatic rings. The van der Waals surface area contributed by atoms with Crippen LogP contribution in [0.4, 0.5) is 0 Å². The van der Waals surface area contributed by atoms with E-state index in [-0.39, 0.29) is 11.9 Å². The van der Waals surface area contributed by atoms with Gasteiger partial charge in [-0.2, -0.15) is 0 Å². The van der Waals surface area contributed by atoms with Crippen molar-refractivity contribution >= 4 is 34.5 Å². The number of carbonyl (C=O) groups excluding carboxylic acids is 2. The van der Waals surface area contributed by atoms with E-state index in [1.54, 1.807) is 24.1 Å². The molecule has 1 unspecified atom stereocenters. The first-order valence-electron chi connectivity index (χ1n) is 8.81. The molecule has 0 saturated heterocycles. The maximum atomic E-state index is 12.8. The van der Waals surface area contributed by atoms with Crippen LogP contribution in [-0.4, -0.2) is 28.3 Å². The molecule has 0 fully saturated rings. The van der Waals surface area contributed by atoms with Gasteiger partial charge in [0.1, 0.15) is 11.4 Å². The Balaban J connectivity index is 1.80. The Morgan fingerprint density at radius 3 is 2.68 bits per heavy atom. The molecular formula is C20H18N4O3S. The zero-order chi connectivity index (χ0) is 19.7. The van der Waals surface area contributed by atoms with E-state index < -0.39 is 6.17 Å². The van der Waals surface area contributed by atoms with E-state index in [0.717, 1.165) is 16.1 Å². The van der Waals surface area contributed by atoms with Crippen LogP contribution in [0, 0.1) is 0 Å². The van der Waals surface area contributed by atoms with E-state index >= 15 is 0 Å². The number of fused-ring (bicyclic) bond motifs is 2. The molecule has 2 heterocycles. The molecule has 0 spiro atoms. The Morgan fingerprint density at radius 1 is 1.21 bits per heavy atom. The second-order valence-corrected chi connectivity index (χ2v) is 6.97. The summed E-state index contributed by atoms with van der Waals surface area (Å²) in [7, 11) is 0. The third-order valence-electron chi connectivity index (χ3n) is 4.41. The molecule has 1 N–H and O–H groups in total. The van der Waals surface area contributed by atoms with Gasteiger partial charge in [0, 0.05) is 11.6 Å². The Morgan fingerprint density at radius 2 is 1.96 bits per heavy atom. The van der Waals surface area contributed by atoms with Crippen LogP contribution in [0.1, 0.15) is 25.1 Å². The highest BCUT2D eigenvalue weighted by atomic mass is 32.2. The normalized spacial score (nSPS) is 17.7. The summed E-state index contributed by atoms with van der Waals surface area (Å²) in [5, 5.41) is 11.0. The number of amidine groups is 1. The van der Waals surface area contributed by atoms with Gasteiger partial charge in [-0.05, 0) is 30.0 Å². The van der Waals surface area contributed by atoms with Gasteiger partial charge in [0.15, 0.2) is 11.3 Å². The number of benzene rings is 2. The van der Waals surface area contributed by atoms with Crippen LogP contribution in [-0.2, 0) is 9.59 Å². The van der Waals surface area contributed by atoms with E-state index in [0.29, 0.717) is 23.0 Å². The molecule has 0 bridgehead atoms. The molecule has 0 radical (unpaired) electrons. The number of hydrogen-bond donors (Lipinski definition) is 1. The SMILES string of the molecule is CCC(=O)Oc1ccc(C2N=c3ccccc3=C3C(=O)NC(SC)=NN32)cc1. The molecule has 2 aromatic carbocycles. The highest BCUT2D eigenvalue weighted by Gasteiger charge is 2.34. The lowest BCUT2D eigenvalue weighted by Crippen LogP contribution is -2.50. The van der Waals surface area contributed by atoms with Crippen molar-refractivity contribution in [2.75, 3.05) is 6.26 Å². The fourth-order valence-electron chi connectivity index (χ4n) is 3.05. The van der Waals surface area contributed by atoms with Crippen molar-refractivity contribution in [2.24, 2.45) is 10.1 Å². The van der Waals surface area contributed by atoms with E-state index in [4.69, 9.17) is 9.73 Å². The van der Waals surface area contributed by atoms with Crippen LogP contribution in [0.3, 0.4) is 0 Å². The largest absolute Gasteiger partial charge is 0.427 e. The molecule has 2 aliphatic heterocycles. The topological polar surface area (TPSA) is 83.4 Å². The van der Waals surface area contributed by atoms with Crippen molar-refractivity contribution in [3.05, 3.63) is 64.7 Å². The van der Waals surface area contributed by atoms with Gasteiger partial charge in [-0.15, -0.1) is 5.10 Å². The Kier molecular flexibility index (Phi) is 4.87. The van der Waals surface area contributed by atoms with E-state index in [1.165, 1.54) is 11.8 Å². The summed E-state index contributed by atoms with van der Waals surface area (Å²) in [6, 6.07) is 14.6. The molecule has 0 saturated carbocycles. The second kappa shape index (κ2) is 7.47. The number of esters is 1. The molecule has 142 valence electrons. The minimum Gasteiger partial charge on any atom is -0.427 e. The van der Waals surface area contributed by atoms with Gasteiger partial charge >= 0.3 is 5.97 Å². The van der Waals surface area contributed by atoms with E-state index in [1.807, 2.05) is 42.7 Å². The van der Waals surface area contributed by atoms with Crippen LogP contribution in [0.15, 0.2) is 58.6 Å². The maximum absolute atomic E-state index is 12.8. The van der Waals surface area contributed by atoms with Gasteiger partial charge in [-0.1, -0.05) is 49.0 Å². The van der Waals surface area contributed by atoms with Crippen molar-refractivity contribution in [1.29, 1.82) is 0 Å². The van der Waals surface area contributed by atoms with Crippen LogP contribution < -0.4 is 20.6 Å². The number of ether oxygens (including phenoxy) is 1. The summed E-state index contributed by atoms with van der Waals surface area (Å²) < 4.78 is 5.24. The summed E-state index contributed by atoms with van der Waals surface area (Å²) in [5.41, 5.74) is 1.30. The molecule has 2 aromatic rings. The zero-order valence-electron chi connectivity index (χ0n) is 15.4. The summed E-state index contributed by atoms with van der Waals surface area (Å²) in [5.74, 6) is -0.0255. The van der Waals surface area contributed by atoms with Gasteiger partial charge in [-0.25, -0.2) is 5.01 Å². The van der Waals surface area contributed by atoms with Crippen LogP contribution >= 0.6 is 11.8 Å². The zero-order valence-corrected chi connectivity index (χ0v) is 16.2. The molecule has 1 atom stereocenters. The van der Waals surface area contributed by atoms with Gasteiger partial charge in [0.05, 0.1) is 5.36 Å². The molecular weight excluding hydrogens is 376 g/mol. The third-order valence-corrected chi connectivity index (χ3v) is 4.98. The number of hydrogen-bond acceptors (Lipinski definition) is 7. The van der Waals surface area contributed by atoms with E-state index in [9.17, 15) is 9.59 Å². The highest BCUT2D eigenvalue weighted by molar-refractivity contribution is 8.13. The summed E-state index contributed by atoms with van der Waals surface area (Å²) in [4.78, 5) is 29.1. The minimum absolute atomic E-state index is 0.208. The molecule has 7 nitrogen and oxygen atoms in total. The number of hydrazone groups is 1. The number of rotatable bonds is 3. The molecule has 0 aliphatic carbocycles. The van der Waals surface area contributed by atoms with Crippen molar-refractivity contribution in [1.82, 2.24) is 10.3 Å². The second-order valence-electron chi connectivity index (χ2n) is 6.17. The average Bonchev–Trinajstić information content (AvgIpc) is 2.73. The number of para-hydroxylation sites is 1. The van der Waals surface area contributed by atoms with Crippen LogP contribution in [0.25, 0.3) is 5.70 Å². The average molecular weight is 394 g/mol. The standard InChI is InChI=1S/C20H18N4O3S/c1-3-16(25)27-13-10-8-12(9-11-13)18-21-15-7-5-4-6-14(15)17-19(26)22-20(28-2)23-24(17)18/h4-11,18H,3H2,1-2H3,(H,22,23,26). The van der Waals surface area contributed by atoms with Gasteiger partial charge < -0.3 is 4.74 Å². The summed E-state index contributed by atoms with van der Waals surface area (Å²) >= 11 is 1.36. The van der Waals surface area contributed by atoms with Crippen molar-refractivity contribution in [3.63, 3.8) is 0 Å². The number of thioether (sulfide) groups is 1. The lowest BCUT2D eigenvalue weighted by molar-refractivity contribution is -0.134. The first-order chi connectivity index (χ1) is 13.6. The summed E-state index contributed by atoms with van der Waals surface area (Å²) in [6.45, 7) is 1.75. The maximum Gasteiger partial charge on any atom is 0.310 e. The molecule has 1 amide bonds. The Bertz CT molecular complexity index is 1100. The van der Waals surface area contributed by atoms with Crippen LogP contribution in [0.5, 0.6) is 5.75 Å². The monoisotopic (exact) mass is 394 g/mol. The number of nitrogens with zero attached hydrogens (tertiary/aromatic N) is 3.